The Hall–Kier alpha value is -4.76. The number of hydrogen-bond donors (Lipinski definition) is 7. The van der Waals surface area contributed by atoms with Crippen LogP contribution >= 0.6 is 0 Å². The van der Waals surface area contributed by atoms with Crippen molar-refractivity contribution in [3.8, 4) is 34.3 Å². The summed E-state index contributed by atoms with van der Waals surface area (Å²) >= 11 is 0. The first-order valence-electron chi connectivity index (χ1n) is 14.8. The van der Waals surface area contributed by atoms with Gasteiger partial charge in [0.2, 0.25) is 12.0 Å². The number of aromatic hydroxyl groups is 1. The summed E-state index contributed by atoms with van der Waals surface area (Å²) in [6.45, 7) is 0.403. The summed E-state index contributed by atoms with van der Waals surface area (Å²) in [5.41, 5.74) is 6.51. The van der Waals surface area contributed by atoms with E-state index in [1.807, 2.05) is 6.07 Å². The van der Waals surface area contributed by atoms with Crippen molar-refractivity contribution < 1.29 is 53.7 Å². The summed E-state index contributed by atoms with van der Waals surface area (Å²) < 4.78 is 28.9. The van der Waals surface area contributed by atoms with Gasteiger partial charge in [-0.15, -0.1) is 0 Å². The first kappa shape index (κ1) is 31.2. The number of aromatic amines is 1. The molecule has 1 saturated carbocycles. The maximum atomic E-state index is 13.3. The van der Waals surface area contributed by atoms with E-state index in [0.717, 1.165) is 18.5 Å². The molecule has 3 heterocycles. The number of rotatable bonds is 10. The number of aliphatic hydroxyl groups excluding tert-OH is 3. The minimum Gasteiger partial charge on any atom is -0.504 e. The van der Waals surface area contributed by atoms with Crippen LogP contribution in [-0.2, 0) is 16.0 Å². The highest BCUT2D eigenvalue weighted by atomic mass is 16.7. The Morgan fingerprint density at radius 1 is 0.978 bits per heavy atom. The van der Waals surface area contributed by atoms with E-state index >= 15 is 0 Å². The second kappa shape index (κ2) is 12.9. The van der Waals surface area contributed by atoms with Gasteiger partial charge in [-0.05, 0) is 62.1 Å². The van der Waals surface area contributed by atoms with Gasteiger partial charge in [0.15, 0.2) is 23.0 Å². The van der Waals surface area contributed by atoms with Gasteiger partial charge < -0.3 is 59.6 Å². The number of carbonyl (C=O) groups is 1. The highest BCUT2D eigenvalue weighted by molar-refractivity contribution is 5.89. The number of benzene rings is 2. The summed E-state index contributed by atoms with van der Waals surface area (Å²) in [4.78, 5) is 28.0. The predicted octanol–water partition coefficient (Wildman–Crippen LogP) is 2.29. The zero-order chi connectivity index (χ0) is 32.5. The fraction of sp³-hybridized carbons (Fsp3) is 0.375. The van der Waals surface area contributed by atoms with E-state index < -0.39 is 47.9 Å². The van der Waals surface area contributed by atoms with Gasteiger partial charge in [-0.1, -0.05) is 0 Å². The molecule has 5 unspecified atom stereocenters. The molecule has 1 aliphatic carbocycles. The number of nitrogens with two attached hydrogens (primary N) is 1. The summed E-state index contributed by atoms with van der Waals surface area (Å²) in [5, 5.41) is 51.4. The first-order chi connectivity index (χ1) is 22.1. The molecule has 2 aromatic carbocycles. The molecule has 4 aromatic rings. The molecule has 0 spiro atoms. The second-order valence-corrected chi connectivity index (χ2v) is 11.3. The van der Waals surface area contributed by atoms with Gasteiger partial charge in [0, 0.05) is 29.8 Å². The Morgan fingerprint density at radius 2 is 1.72 bits per heavy atom. The maximum Gasteiger partial charge on any atom is 0.335 e. The Bertz CT molecular complexity index is 1760. The number of phenols is 1. The van der Waals surface area contributed by atoms with E-state index in [1.54, 1.807) is 30.3 Å². The molecular weight excluding hydrogens is 604 g/mol. The van der Waals surface area contributed by atoms with Crippen molar-refractivity contribution in [1.29, 1.82) is 0 Å². The van der Waals surface area contributed by atoms with Crippen molar-refractivity contribution in [1.82, 2.24) is 4.98 Å². The number of fused-ring (bicyclic) bond motifs is 1. The van der Waals surface area contributed by atoms with Gasteiger partial charge >= 0.3 is 5.97 Å². The zero-order valence-electron chi connectivity index (χ0n) is 24.5. The van der Waals surface area contributed by atoms with Gasteiger partial charge in [0.25, 0.3) is 0 Å². The van der Waals surface area contributed by atoms with E-state index in [9.17, 15) is 35.1 Å². The molecule has 0 bridgehead atoms. The standard InChI is InChI=1S/C32H34N2O12/c33-23-10-7-16(34-23)11-12-42-17-8-5-15(6-9-17)20-13-19(35)24-21(44-20)14-22(29(25(24)36)43-18-3-1-2-4-18)45-32-28(39)26(37)27(38)30(46-32)31(40)41/h5-10,13-14,18,26-28,30,32,34,36-39H,1-4,11-12,33H2,(H,40,41). The van der Waals surface area contributed by atoms with Gasteiger partial charge in [0.1, 0.15) is 46.6 Å². The molecule has 2 fully saturated rings. The number of hydrogen-bond acceptors (Lipinski definition) is 12. The Balaban J connectivity index is 1.30. The lowest BCUT2D eigenvalue weighted by Crippen LogP contribution is -2.61. The van der Waals surface area contributed by atoms with Gasteiger partial charge in [-0.2, -0.15) is 0 Å². The number of carboxylic acids is 1. The molecule has 0 radical (unpaired) electrons. The van der Waals surface area contributed by atoms with E-state index in [1.165, 1.54) is 12.1 Å². The van der Waals surface area contributed by atoms with Crippen molar-refractivity contribution in [2.45, 2.75) is 68.9 Å². The van der Waals surface area contributed by atoms with Crippen LogP contribution in [0.3, 0.4) is 0 Å². The molecule has 6 rings (SSSR count). The van der Waals surface area contributed by atoms with Crippen LogP contribution in [-0.4, -0.2) is 79.9 Å². The minimum atomic E-state index is -1.93. The summed E-state index contributed by atoms with van der Waals surface area (Å²) in [6, 6.07) is 13.0. The van der Waals surface area contributed by atoms with Crippen molar-refractivity contribution in [3.05, 3.63) is 64.4 Å². The summed E-state index contributed by atoms with van der Waals surface area (Å²) in [7, 11) is 0. The predicted molar refractivity (Wildman–Crippen MR) is 162 cm³/mol. The number of H-pyrrole nitrogens is 1. The van der Waals surface area contributed by atoms with E-state index in [0.29, 0.717) is 43.0 Å². The molecule has 0 amide bonds. The lowest BCUT2D eigenvalue weighted by atomic mass is 9.99. The number of ether oxygens (including phenoxy) is 4. The highest BCUT2D eigenvalue weighted by Gasteiger charge is 2.48. The number of nitrogens with one attached hydrogen (secondary N) is 1. The summed E-state index contributed by atoms with van der Waals surface area (Å²) in [6.07, 6.45) is -5.98. The molecule has 46 heavy (non-hydrogen) atoms. The fourth-order valence-corrected chi connectivity index (χ4v) is 5.65. The van der Waals surface area contributed by atoms with Gasteiger partial charge in [-0.3, -0.25) is 4.79 Å². The monoisotopic (exact) mass is 638 g/mol. The normalized spacial score (nSPS) is 23.4. The Kier molecular flexibility index (Phi) is 8.77. The number of aliphatic hydroxyl groups is 3. The molecule has 1 saturated heterocycles. The Morgan fingerprint density at radius 3 is 2.39 bits per heavy atom. The molecule has 14 heteroatoms. The number of anilines is 1. The largest absolute Gasteiger partial charge is 0.504 e. The number of aliphatic carboxylic acids is 1. The van der Waals surface area contributed by atoms with E-state index in [-0.39, 0.29) is 34.3 Å². The molecule has 244 valence electrons. The lowest BCUT2D eigenvalue weighted by molar-refractivity contribution is -0.271. The molecule has 14 nitrogen and oxygen atoms in total. The SMILES string of the molecule is Nc1ccc(CCOc2ccc(-c3cc(=O)c4c(O)c(OC5CCCC5)c(OC5OC(C(=O)O)C(O)C(O)C5O)cc4o3)cc2)[nH]1. The van der Waals surface area contributed by atoms with Gasteiger partial charge in [0.05, 0.1) is 12.7 Å². The topological polar surface area (TPSA) is 227 Å². The van der Waals surface area contributed by atoms with Crippen LogP contribution in [0, 0.1) is 0 Å². The third-order valence-electron chi connectivity index (χ3n) is 8.10. The molecular formula is C32H34N2O12. The second-order valence-electron chi connectivity index (χ2n) is 11.3. The summed E-state index contributed by atoms with van der Waals surface area (Å²) in [5.74, 6) is -1.30. The van der Waals surface area contributed by atoms with Crippen LogP contribution in [0.1, 0.15) is 31.4 Å². The quantitative estimate of drug-likeness (QED) is 0.132. The molecule has 5 atom stereocenters. The maximum absolute atomic E-state index is 13.3. The van der Waals surface area contributed by atoms with Crippen LogP contribution in [0.5, 0.6) is 23.0 Å². The van der Waals surface area contributed by atoms with Crippen LogP contribution < -0.4 is 25.4 Å². The zero-order valence-corrected chi connectivity index (χ0v) is 24.5. The number of carboxylic acid groups (broad SMARTS) is 1. The minimum absolute atomic E-state index is 0.0972. The molecule has 2 aromatic heterocycles. The van der Waals surface area contributed by atoms with Crippen LogP contribution in [0.25, 0.3) is 22.3 Å². The molecule has 1 aliphatic heterocycles. The van der Waals surface area contributed by atoms with Crippen LogP contribution in [0.15, 0.2) is 57.7 Å². The lowest BCUT2D eigenvalue weighted by Gasteiger charge is -2.38. The average Bonchev–Trinajstić information content (AvgIpc) is 3.70. The average molecular weight is 639 g/mol. The number of nitrogen functional groups attached to an aromatic ring is 1. The van der Waals surface area contributed by atoms with Crippen LogP contribution in [0.2, 0.25) is 0 Å². The molecule has 8 N–H and O–H groups in total. The van der Waals surface area contributed by atoms with E-state index in [4.69, 9.17) is 29.1 Å². The van der Waals surface area contributed by atoms with Crippen molar-refractivity contribution >= 4 is 22.8 Å². The number of phenolic OH excluding ortho intramolecular Hbond substituents is 1. The number of aromatic nitrogens is 1. The van der Waals surface area contributed by atoms with Gasteiger partial charge in [-0.25, -0.2) is 4.79 Å². The first-order valence-corrected chi connectivity index (χ1v) is 14.8. The third-order valence-corrected chi connectivity index (χ3v) is 8.10. The van der Waals surface area contributed by atoms with Crippen molar-refractivity contribution in [3.63, 3.8) is 0 Å². The van der Waals surface area contributed by atoms with E-state index in [2.05, 4.69) is 4.98 Å². The van der Waals surface area contributed by atoms with Crippen LogP contribution in [0.4, 0.5) is 5.82 Å². The Labute approximate surface area is 261 Å². The smallest absolute Gasteiger partial charge is 0.335 e. The fourth-order valence-electron chi connectivity index (χ4n) is 5.65. The highest BCUT2D eigenvalue weighted by Crippen LogP contribution is 2.45. The van der Waals surface area contributed by atoms with Crippen molar-refractivity contribution in [2.24, 2.45) is 0 Å². The third kappa shape index (κ3) is 6.33. The van der Waals surface area contributed by atoms with Crippen molar-refractivity contribution in [2.75, 3.05) is 12.3 Å². The molecule has 2 aliphatic rings.